The fourth-order valence-corrected chi connectivity index (χ4v) is 7.27. The van der Waals surface area contributed by atoms with Crippen LogP contribution in [-0.2, 0) is 33.0 Å². The molecule has 9 N–H and O–H groups in total. The molecule has 2 rings (SSSR count). The van der Waals surface area contributed by atoms with Gasteiger partial charge in [0.05, 0.1) is 0 Å². The number of primary amides is 1. The highest BCUT2D eigenvalue weighted by molar-refractivity contribution is 8.00. The molecule has 2 aliphatic heterocycles. The van der Waals surface area contributed by atoms with Gasteiger partial charge in [-0.3, -0.25) is 23.6 Å². The molecule has 0 spiro atoms. The number of nitrogens with zero attached hydrogens (tertiary/aromatic N) is 1. The molecule has 0 aromatic heterocycles. The minimum absolute atomic E-state index is 0.00627. The van der Waals surface area contributed by atoms with E-state index in [-0.39, 0.29) is 24.2 Å². The standard InChI is InChI=1S/C16H25N3O14P2S/c1-32-16(18-9(20)4-2-3-5-15(25,34(26,27)28)35(29,30)31)12(23)19-10(11(21)22)8(6-33-14(17)24)7-36-13(16)19/h13,25H,2-7H2,1H3,(H2,17,24)(H,18,20)(H,21,22)(H2,26,27,28)(H2,29,30,31)/t13-,16+/m1/s1. The van der Waals surface area contributed by atoms with Gasteiger partial charge in [-0.2, -0.15) is 0 Å². The highest BCUT2D eigenvalue weighted by Gasteiger charge is 2.66. The quantitative estimate of drug-likeness (QED) is 0.0558. The number of aliphatic hydroxyl groups is 1. The first kappa shape index (κ1) is 30.2. The summed E-state index contributed by atoms with van der Waals surface area (Å²) in [5.74, 6) is -3.23. The molecule has 0 aromatic carbocycles. The first-order valence-electron chi connectivity index (χ1n) is 9.95. The number of fused-ring (bicyclic) bond motifs is 1. The molecule has 3 amide bonds. The molecular formula is C16H25N3O14P2S. The number of nitrogens with two attached hydrogens (primary N) is 1. The van der Waals surface area contributed by atoms with Crippen molar-refractivity contribution in [2.45, 2.75) is 41.9 Å². The van der Waals surface area contributed by atoms with Crippen molar-refractivity contribution in [2.24, 2.45) is 5.73 Å². The number of carboxylic acid groups (broad SMARTS) is 1. The molecule has 0 saturated carbocycles. The molecule has 2 atom stereocenters. The Morgan fingerprint density at radius 2 is 1.81 bits per heavy atom. The number of carbonyl (C=O) groups is 4. The third-order valence-corrected chi connectivity index (χ3v) is 10.7. The summed E-state index contributed by atoms with van der Waals surface area (Å²) in [4.78, 5) is 85.4. The van der Waals surface area contributed by atoms with E-state index in [1.165, 1.54) is 0 Å². The fraction of sp³-hybridized carbons (Fsp3) is 0.625. The molecule has 0 aromatic rings. The number of rotatable bonds is 12. The Morgan fingerprint density at radius 1 is 1.22 bits per heavy atom. The zero-order chi connectivity index (χ0) is 27.7. The van der Waals surface area contributed by atoms with E-state index in [9.17, 15) is 38.5 Å². The number of aliphatic carboxylic acids is 1. The van der Waals surface area contributed by atoms with Crippen molar-refractivity contribution in [3.05, 3.63) is 11.3 Å². The van der Waals surface area contributed by atoms with Crippen LogP contribution < -0.4 is 11.1 Å². The average molecular weight is 577 g/mol. The van der Waals surface area contributed by atoms with Gasteiger partial charge < -0.3 is 50.3 Å². The van der Waals surface area contributed by atoms with Crippen LogP contribution in [0.4, 0.5) is 4.79 Å². The van der Waals surface area contributed by atoms with Crippen molar-refractivity contribution in [3.8, 4) is 0 Å². The number of unbranched alkanes of at least 4 members (excludes halogenated alkanes) is 1. The second-order valence-electron chi connectivity index (χ2n) is 7.76. The Balaban J connectivity index is 2.07. The Labute approximate surface area is 207 Å². The van der Waals surface area contributed by atoms with Crippen molar-refractivity contribution in [3.63, 3.8) is 0 Å². The summed E-state index contributed by atoms with van der Waals surface area (Å²) in [7, 11) is -10.2. The highest BCUT2D eigenvalue weighted by atomic mass is 32.2. The minimum Gasteiger partial charge on any atom is -0.477 e. The highest BCUT2D eigenvalue weighted by Crippen LogP contribution is 2.69. The number of hydrogen-bond donors (Lipinski definition) is 8. The molecule has 1 saturated heterocycles. The van der Waals surface area contributed by atoms with Crippen LogP contribution in [0.1, 0.15) is 25.7 Å². The van der Waals surface area contributed by atoms with E-state index >= 15 is 0 Å². The van der Waals surface area contributed by atoms with Crippen LogP contribution in [0.5, 0.6) is 0 Å². The van der Waals surface area contributed by atoms with Crippen molar-refractivity contribution in [1.29, 1.82) is 0 Å². The third-order valence-electron chi connectivity index (χ3n) is 5.45. The molecular weight excluding hydrogens is 552 g/mol. The number of hydrogen-bond acceptors (Lipinski definition) is 10. The number of carbonyl (C=O) groups excluding carboxylic acids is 3. The summed E-state index contributed by atoms with van der Waals surface area (Å²) < 4.78 is 32.6. The van der Waals surface area contributed by atoms with Gasteiger partial charge in [0.25, 0.3) is 16.7 Å². The predicted octanol–water partition coefficient (Wildman–Crippen LogP) is -1.64. The van der Waals surface area contributed by atoms with Crippen molar-refractivity contribution >= 4 is 50.8 Å². The lowest BCUT2D eigenvalue weighted by Gasteiger charge is -2.55. The van der Waals surface area contributed by atoms with Crippen molar-refractivity contribution < 1.29 is 67.6 Å². The zero-order valence-corrected chi connectivity index (χ0v) is 21.2. The van der Waals surface area contributed by atoms with Crippen LogP contribution in [0.2, 0.25) is 0 Å². The SMILES string of the molecule is CO[C@@]1(NC(=O)CCCCC(O)(P(=O)(O)O)P(=O)(O)O)C(=O)N2C(C(=O)O)=C(COC(N)=O)CS[C@@H]21. The zero-order valence-electron chi connectivity index (χ0n) is 18.6. The van der Waals surface area contributed by atoms with E-state index in [4.69, 9.17) is 30.0 Å². The molecule has 17 nitrogen and oxygen atoms in total. The second kappa shape index (κ2) is 10.8. The maximum atomic E-state index is 12.9. The number of ether oxygens (including phenoxy) is 2. The lowest BCUT2D eigenvalue weighted by atomic mass is 9.97. The average Bonchev–Trinajstić information content (AvgIpc) is 2.75. The van der Waals surface area contributed by atoms with E-state index in [2.05, 4.69) is 10.1 Å². The normalized spacial score (nSPS) is 22.6. The Kier molecular flexibility index (Phi) is 9.04. The van der Waals surface area contributed by atoms with E-state index in [1.807, 2.05) is 0 Å². The van der Waals surface area contributed by atoms with Gasteiger partial charge in [-0.05, 0) is 19.3 Å². The van der Waals surface area contributed by atoms with Crippen LogP contribution in [0, 0.1) is 0 Å². The summed E-state index contributed by atoms with van der Waals surface area (Å²) in [6, 6.07) is 0. The minimum atomic E-state index is -5.63. The van der Waals surface area contributed by atoms with Crippen LogP contribution in [0.15, 0.2) is 11.3 Å². The maximum Gasteiger partial charge on any atom is 0.404 e. The van der Waals surface area contributed by atoms with Gasteiger partial charge in [0, 0.05) is 24.9 Å². The number of methoxy groups -OCH3 is 1. The first-order chi connectivity index (χ1) is 16.4. The topological polar surface area (TPSA) is 284 Å². The number of amides is 3. The molecule has 0 aliphatic carbocycles. The largest absolute Gasteiger partial charge is 0.477 e. The molecule has 36 heavy (non-hydrogen) atoms. The van der Waals surface area contributed by atoms with Gasteiger partial charge >= 0.3 is 27.3 Å². The van der Waals surface area contributed by atoms with Gasteiger partial charge in [0.1, 0.15) is 17.7 Å². The number of carboxylic acids is 1. The van der Waals surface area contributed by atoms with Crippen LogP contribution in [-0.4, -0.2) is 94.2 Å². The van der Waals surface area contributed by atoms with E-state index in [0.717, 1.165) is 23.8 Å². The Morgan fingerprint density at radius 3 is 2.28 bits per heavy atom. The van der Waals surface area contributed by atoms with Gasteiger partial charge in [-0.1, -0.05) is 0 Å². The number of nitrogens with one attached hydrogen (secondary N) is 1. The molecule has 1 fully saturated rings. The lowest BCUT2D eigenvalue weighted by Crippen LogP contribution is -2.80. The lowest BCUT2D eigenvalue weighted by molar-refractivity contribution is -0.192. The molecule has 20 heteroatoms. The molecule has 204 valence electrons. The van der Waals surface area contributed by atoms with Gasteiger partial charge in [-0.15, -0.1) is 11.8 Å². The number of thioether (sulfide) groups is 1. The molecule has 0 bridgehead atoms. The maximum absolute atomic E-state index is 12.9. The predicted molar refractivity (Wildman–Crippen MR) is 119 cm³/mol. The summed E-state index contributed by atoms with van der Waals surface area (Å²) >= 11 is 1.01. The second-order valence-corrected chi connectivity index (χ2v) is 12.8. The molecule has 2 heterocycles. The first-order valence-corrected chi connectivity index (χ1v) is 14.2. The fourth-order valence-electron chi connectivity index (χ4n) is 3.59. The number of β-lactam (4-membered cyclic amide) rings is 1. The Hall–Kier alpha value is -2.01. The van der Waals surface area contributed by atoms with Crippen LogP contribution >= 0.6 is 27.0 Å². The smallest absolute Gasteiger partial charge is 0.404 e. The third kappa shape index (κ3) is 5.61. The summed E-state index contributed by atoms with van der Waals surface area (Å²) in [6.07, 6.45) is -3.13. The summed E-state index contributed by atoms with van der Waals surface area (Å²) in [6.45, 7) is -0.470. The van der Waals surface area contributed by atoms with Crippen LogP contribution in [0.25, 0.3) is 0 Å². The molecule has 0 radical (unpaired) electrons. The molecule has 2 aliphatic rings. The van der Waals surface area contributed by atoms with E-state index in [1.54, 1.807) is 0 Å². The van der Waals surface area contributed by atoms with Gasteiger partial charge in [0.2, 0.25) is 5.91 Å². The van der Waals surface area contributed by atoms with Gasteiger partial charge in [0.15, 0.2) is 0 Å². The van der Waals surface area contributed by atoms with Crippen molar-refractivity contribution in [1.82, 2.24) is 10.2 Å². The van der Waals surface area contributed by atoms with E-state index < -0.39 is 80.4 Å². The Bertz CT molecular complexity index is 1050. The monoisotopic (exact) mass is 577 g/mol. The van der Waals surface area contributed by atoms with Gasteiger partial charge in [-0.25, -0.2) is 9.59 Å². The summed E-state index contributed by atoms with van der Waals surface area (Å²) in [5.41, 5.74) is 2.58. The molecule has 0 unspecified atom stereocenters. The van der Waals surface area contributed by atoms with E-state index in [0.29, 0.717) is 0 Å². The summed E-state index contributed by atoms with van der Waals surface area (Å²) in [5, 5.41) is 17.2. The van der Waals surface area contributed by atoms with Crippen LogP contribution in [0.3, 0.4) is 0 Å². The van der Waals surface area contributed by atoms with Crippen molar-refractivity contribution in [2.75, 3.05) is 19.5 Å².